The molecule has 4 N–H and O–H groups in total. The molecule has 2 atom stereocenters. The van der Waals surface area contributed by atoms with Crippen molar-refractivity contribution in [2.24, 2.45) is 11.5 Å². The third-order valence-electron chi connectivity index (χ3n) is 7.02. The second-order valence-corrected chi connectivity index (χ2v) is 19.1. The Bertz CT molecular complexity index is 1400. The van der Waals surface area contributed by atoms with Gasteiger partial charge in [0.2, 0.25) is 13.6 Å². The fourth-order valence-corrected chi connectivity index (χ4v) is 9.32. The van der Waals surface area contributed by atoms with Crippen molar-refractivity contribution in [3.8, 4) is 23.0 Å². The van der Waals surface area contributed by atoms with E-state index in [1.165, 1.54) is 20.4 Å². The molecule has 12 heteroatoms. The molecule has 44 heavy (non-hydrogen) atoms. The standard InChI is InChI=1S/C18H20O4P2S.C14H16N2.2ClH.Ru/c1-23(2)13-7-5-11-15(21-9-19-11)17(13)25-18-14(24(3)4)8-6-12-16(18)22-10-20-12;15-13(11-7-3-1-4-8-11)14(16)12-9-5-2-6-10-12;;;/h5-8H,9-10H2,1-4H3;1-10,13-14H,15-16H2;2*1H;/q;;;;+4. The number of rotatable bonds is 7. The Morgan fingerprint density at radius 1 is 0.614 bits per heavy atom. The van der Waals surface area contributed by atoms with Crippen LogP contribution in [0.3, 0.4) is 0 Å². The van der Waals surface area contributed by atoms with Gasteiger partial charge in [0.15, 0.2) is 23.0 Å². The molecule has 6 rings (SSSR count). The van der Waals surface area contributed by atoms with Crippen molar-refractivity contribution >= 4 is 57.6 Å². The predicted molar refractivity (Wildman–Crippen MR) is 187 cm³/mol. The van der Waals surface area contributed by atoms with Crippen molar-refractivity contribution in [3.05, 3.63) is 96.1 Å². The zero-order valence-electron chi connectivity index (χ0n) is 25.0. The van der Waals surface area contributed by atoms with Crippen molar-refractivity contribution in [1.29, 1.82) is 0 Å². The van der Waals surface area contributed by atoms with Crippen LogP contribution in [0.25, 0.3) is 0 Å². The summed E-state index contributed by atoms with van der Waals surface area (Å²) in [4.78, 5) is 2.34. The Hall–Kier alpha value is -1.59. The maximum atomic E-state index is 6.15. The average molecular weight is 781 g/mol. The summed E-state index contributed by atoms with van der Waals surface area (Å²) in [5, 5.41) is 2.73. The van der Waals surface area contributed by atoms with Crippen LogP contribution in [0.5, 0.6) is 23.0 Å². The summed E-state index contributed by atoms with van der Waals surface area (Å²) in [6, 6.07) is 28.0. The van der Waals surface area contributed by atoms with Crippen LogP contribution in [0.1, 0.15) is 23.2 Å². The van der Waals surface area contributed by atoms with E-state index >= 15 is 0 Å². The van der Waals surface area contributed by atoms with Crippen LogP contribution in [0, 0.1) is 0 Å². The van der Waals surface area contributed by atoms with Gasteiger partial charge in [0.25, 0.3) is 0 Å². The molecule has 2 aliphatic heterocycles. The second-order valence-electron chi connectivity index (χ2n) is 10.4. The normalized spacial score (nSPS) is 14.0. The van der Waals surface area contributed by atoms with Gasteiger partial charge in [-0.15, -0.1) is 0 Å². The van der Waals surface area contributed by atoms with Crippen LogP contribution < -0.4 is 41.0 Å². The Kier molecular flexibility index (Phi) is 13.9. The van der Waals surface area contributed by atoms with Crippen molar-refractivity contribution in [1.82, 2.24) is 0 Å². The molecular weight excluding hydrogens is 742 g/mol. The molecule has 0 aromatic heterocycles. The zero-order chi connectivity index (χ0) is 31.6. The van der Waals surface area contributed by atoms with Crippen molar-refractivity contribution in [2.75, 3.05) is 40.2 Å². The maximum absolute atomic E-state index is 6.15. The summed E-state index contributed by atoms with van der Waals surface area (Å²) in [5.41, 5.74) is 14.4. The molecular formula is C32H38Cl2N2O4P2RuS+4. The van der Waals surface area contributed by atoms with Gasteiger partial charge >= 0.3 is 34.5 Å². The van der Waals surface area contributed by atoms with Crippen molar-refractivity contribution in [2.45, 2.75) is 21.9 Å². The van der Waals surface area contributed by atoms with E-state index in [4.69, 9.17) is 49.8 Å². The van der Waals surface area contributed by atoms with E-state index in [0.717, 1.165) is 34.1 Å². The number of nitrogens with two attached hydrogens (primary N) is 2. The first kappa shape index (κ1) is 35.3. The molecule has 0 amide bonds. The van der Waals surface area contributed by atoms with Crippen molar-refractivity contribution < 1.29 is 34.1 Å². The molecule has 2 aliphatic rings. The molecule has 0 aliphatic carbocycles. The first-order valence-corrected chi connectivity index (χ1v) is 24.2. The van der Waals surface area contributed by atoms with Crippen LogP contribution in [0.15, 0.2) is 94.7 Å². The van der Waals surface area contributed by atoms with E-state index in [2.05, 4.69) is 38.8 Å². The number of ether oxygens (including phenoxy) is 4. The Morgan fingerprint density at radius 3 is 1.32 bits per heavy atom. The van der Waals surface area contributed by atoms with E-state index in [9.17, 15) is 0 Å². The van der Waals surface area contributed by atoms with Crippen LogP contribution in [-0.2, 0) is 15.1 Å². The number of halogens is 2. The molecule has 234 valence electrons. The molecule has 4 aromatic carbocycles. The van der Waals surface area contributed by atoms with Gasteiger partial charge in [0.1, 0.15) is 20.4 Å². The van der Waals surface area contributed by atoms with E-state index in [-0.39, 0.29) is 40.8 Å². The van der Waals surface area contributed by atoms with E-state index in [1.807, 2.05) is 72.8 Å². The molecule has 0 fully saturated rings. The van der Waals surface area contributed by atoms with Gasteiger partial charge in [-0.25, -0.2) is 0 Å². The summed E-state index contributed by atoms with van der Waals surface area (Å²) in [5.74, 6) is 3.41. The van der Waals surface area contributed by atoms with Gasteiger partial charge in [0.05, 0.1) is 26.7 Å². The summed E-state index contributed by atoms with van der Waals surface area (Å²) in [7, 11) is 8.41. The fourth-order valence-electron chi connectivity index (χ4n) is 4.75. The fraction of sp³-hybridized carbons (Fsp3) is 0.250. The van der Waals surface area contributed by atoms with E-state index in [0.29, 0.717) is 0 Å². The average Bonchev–Trinajstić information content (AvgIpc) is 3.72. The molecule has 0 saturated carbocycles. The Balaban J connectivity index is 0.000000200. The topological polar surface area (TPSA) is 89.0 Å². The Labute approximate surface area is 282 Å². The van der Waals surface area contributed by atoms with Gasteiger partial charge in [-0.2, -0.15) is 0 Å². The number of hydrogen-bond acceptors (Lipinski definition) is 7. The minimum absolute atomic E-state index is 0.163. The SMILES string of the molecule is C[PH+](C)c1ccc2c(c1Sc1c([PH+](C)C)ccc3c1OCO3)OCO2.NC(c1ccccc1)C(N)c1ccccc1.[Cl][Ru+2][Cl]. The predicted octanol–water partition coefficient (Wildman–Crippen LogP) is 7.26. The molecule has 0 radical (unpaired) electrons. The number of fused-ring (bicyclic) bond motifs is 2. The molecule has 6 nitrogen and oxygen atoms in total. The molecule has 2 heterocycles. The van der Waals surface area contributed by atoms with Crippen LogP contribution in [0.4, 0.5) is 0 Å². The second kappa shape index (κ2) is 17.4. The van der Waals surface area contributed by atoms with Gasteiger partial charge < -0.3 is 30.4 Å². The minimum atomic E-state index is -0.648. The summed E-state index contributed by atoms with van der Waals surface area (Å²) >= 11 is 1.40. The third kappa shape index (κ3) is 8.81. The molecule has 0 bridgehead atoms. The van der Waals surface area contributed by atoms with E-state index in [1.54, 1.807) is 11.8 Å². The molecule has 0 spiro atoms. The van der Waals surface area contributed by atoms with Crippen LogP contribution in [-0.4, -0.2) is 40.2 Å². The van der Waals surface area contributed by atoms with Gasteiger partial charge in [-0.1, -0.05) is 72.4 Å². The Morgan fingerprint density at radius 2 is 0.977 bits per heavy atom. The number of hydrogen-bond donors (Lipinski definition) is 2. The van der Waals surface area contributed by atoms with Gasteiger partial charge in [-0.05, 0) is 35.4 Å². The molecule has 0 saturated heterocycles. The monoisotopic (exact) mass is 780 g/mol. The van der Waals surface area contributed by atoms with Gasteiger partial charge in [-0.3, -0.25) is 0 Å². The summed E-state index contributed by atoms with van der Waals surface area (Å²) in [6.07, 6.45) is 0. The van der Waals surface area contributed by atoms with Gasteiger partial charge in [0, 0.05) is 27.9 Å². The summed E-state index contributed by atoms with van der Waals surface area (Å²) < 4.78 is 22.9. The first-order chi connectivity index (χ1) is 21.3. The molecule has 4 aromatic rings. The quantitative estimate of drug-likeness (QED) is 0.151. The van der Waals surface area contributed by atoms with Crippen LogP contribution in [0.2, 0.25) is 0 Å². The molecule has 2 unspecified atom stereocenters. The van der Waals surface area contributed by atoms with Crippen molar-refractivity contribution in [3.63, 3.8) is 0 Å². The summed E-state index contributed by atoms with van der Waals surface area (Å²) in [6.45, 7) is 9.79. The first-order valence-electron chi connectivity index (χ1n) is 13.9. The zero-order valence-corrected chi connectivity index (χ0v) is 31.0. The third-order valence-corrected chi connectivity index (χ3v) is 11.6. The number of benzene rings is 4. The van der Waals surface area contributed by atoms with E-state index < -0.39 is 15.8 Å². The van der Waals surface area contributed by atoms with Crippen LogP contribution >= 0.6 is 47.0 Å².